The Morgan fingerprint density at radius 3 is 2.06 bits per heavy atom. The van der Waals surface area contributed by atoms with E-state index >= 15 is 0 Å². The number of hydrogen-bond donors (Lipinski definition) is 1. The van der Waals surface area contributed by atoms with Gasteiger partial charge in [0, 0.05) is 47.0 Å². The second kappa shape index (κ2) is 6.63. The van der Waals surface area contributed by atoms with Gasteiger partial charge in [-0.2, -0.15) is 0 Å². The molecule has 31 heavy (non-hydrogen) atoms. The van der Waals surface area contributed by atoms with Gasteiger partial charge in [0.25, 0.3) is 6.02 Å². The predicted octanol–water partition coefficient (Wildman–Crippen LogP) is 3.90. The standard InChI is InChI=1S/C24H17N5O2/c25-23-29-24(13-30-23)19-8-15(17-2-1-7-26-10-17)3-5-21(19)31-22-6-4-16(9-20(22)24)18-11-27-14-28-12-18/h1-12,14H,13H2,(H2,25,29). The number of pyridine rings is 1. The average molecular weight is 407 g/mol. The van der Waals surface area contributed by atoms with Crippen molar-refractivity contribution in [3.63, 3.8) is 0 Å². The lowest BCUT2D eigenvalue weighted by atomic mass is 9.79. The first-order chi connectivity index (χ1) is 15.2. The summed E-state index contributed by atoms with van der Waals surface area (Å²) in [4.78, 5) is 17.3. The first kappa shape index (κ1) is 17.6. The smallest absolute Gasteiger partial charge is 0.283 e. The molecule has 1 atom stereocenters. The van der Waals surface area contributed by atoms with Crippen molar-refractivity contribution in [3.05, 3.63) is 90.8 Å². The number of aromatic nitrogens is 3. The highest BCUT2D eigenvalue weighted by molar-refractivity contribution is 5.79. The molecule has 0 saturated heterocycles. The van der Waals surface area contributed by atoms with Gasteiger partial charge in [0.05, 0.1) is 0 Å². The summed E-state index contributed by atoms with van der Waals surface area (Å²) >= 11 is 0. The summed E-state index contributed by atoms with van der Waals surface area (Å²) in [7, 11) is 0. The van der Waals surface area contributed by atoms with Crippen LogP contribution in [-0.2, 0) is 10.3 Å². The molecule has 7 nitrogen and oxygen atoms in total. The van der Waals surface area contributed by atoms with E-state index in [0.717, 1.165) is 44.9 Å². The lowest BCUT2D eigenvalue weighted by Gasteiger charge is -2.34. The van der Waals surface area contributed by atoms with Crippen LogP contribution >= 0.6 is 0 Å². The first-order valence-electron chi connectivity index (χ1n) is 9.84. The third-order valence-corrected chi connectivity index (χ3v) is 5.69. The zero-order valence-corrected chi connectivity index (χ0v) is 16.4. The molecule has 0 fully saturated rings. The molecule has 0 amide bonds. The number of nitrogens with zero attached hydrogens (tertiary/aromatic N) is 4. The molecule has 7 heteroatoms. The van der Waals surface area contributed by atoms with Gasteiger partial charge >= 0.3 is 0 Å². The number of hydrogen-bond acceptors (Lipinski definition) is 7. The van der Waals surface area contributed by atoms with Crippen LogP contribution in [0.3, 0.4) is 0 Å². The van der Waals surface area contributed by atoms with Crippen molar-refractivity contribution < 1.29 is 9.47 Å². The molecule has 2 aromatic heterocycles. The molecule has 2 aromatic carbocycles. The maximum atomic E-state index is 6.27. The highest BCUT2D eigenvalue weighted by atomic mass is 16.5. The molecule has 1 unspecified atom stereocenters. The van der Waals surface area contributed by atoms with Gasteiger partial charge in [-0.3, -0.25) is 4.98 Å². The Kier molecular flexibility index (Phi) is 3.76. The van der Waals surface area contributed by atoms with Crippen LogP contribution in [-0.4, -0.2) is 27.6 Å². The summed E-state index contributed by atoms with van der Waals surface area (Å²) in [5.41, 5.74) is 10.9. The number of benzene rings is 2. The van der Waals surface area contributed by atoms with Crippen LogP contribution in [0.1, 0.15) is 11.1 Å². The number of aliphatic imine (C=N–C) groups is 1. The normalized spacial score (nSPS) is 18.5. The zero-order valence-electron chi connectivity index (χ0n) is 16.4. The molecule has 1 spiro atoms. The molecule has 0 saturated carbocycles. The summed E-state index contributed by atoms with van der Waals surface area (Å²) in [6.07, 6.45) is 8.67. The van der Waals surface area contributed by atoms with Gasteiger partial charge in [-0.25, -0.2) is 15.0 Å². The molecular weight excluding hydrogens is 390 g/mol. The molecule has 150 valence electrons. The minimum atomic E-state index is -0.795. The van der Waals surface area contributed by atoms with Crippen LogP contribution in [0.4, 0.5) is 0 Å². The molecule has 0 bridgehead atoms. The predicted molar refractivity (Wildman–Crippen MR) is 116 cm³/mol. The first-order valence-corrected chi connectivity index (χ1v) is 9.84. The van der Waals surface area contributed by atoms with Crippen LogP contribution in [0, 0.1) is 0 Å². The Labute approximate surface area is 178 Å². The Balaban J connectivity index is 1.56. The second-order valence-electron chi connectivity index (χ2n) is 7.49. The van der Waals surface area contributed by atoms with E-state index in [1.807, 2.05) is 42.6 Å². The van der Waals surface area contributed by atoms with E-state index in [1.54, 1.807) is 18.6 Å². The van der Waals surface area contributed by atoms with Crippen molar-refractivity contribution in [1.29, 1.82) is 0 Å². The van der Waals surface area contributed by atoms with E-state index in [1.165, 1.54) is 6.33 Å². The Morgan fingerprint density at radius 1 is 0.774 bits per heavy atom. The van der Waals surface area contributed by atoms with E-state index in [2.05, 4.69) is 27.1 Å². The van der Waals surface area contributed by atoms with E-state index in [-0.39, 0.29) is 6.02 Å². The molecule has 6 rings (SSSR count). The zero-order chi connectivity index (χ0) is 20.8. The largest absolute Gasteiger partial charge is 0.462 e. The highest BCUT2D eigenvalue weighted by Gasteiger charge is 2.47. The summed E-state index contributed by atoms with van der Waals surface area (Å²) in [5, 5.41) is 0. The maximum Gasteiger partial charge on any atom is 0.283 e. The molecule has 2 N–H and O–H groups in total. The number of ether oxygens (including phenoxy) is 2. The third-order valence-electron chi connectivity index (χ3n) is 5.69. The van der Waals surface area contributed by atoms with Crippen molar-refractivity contribution in [2.45, 2.75) is 5.54 Å². The van der Waals surface area contributed by atoms with Crippen molar-refractivity contribution in [1.82, 2.24) is 15.0 Å². The monoisotopic (exact) mass is 407 g/mol. The number of nitrogens with two attached hydrogens (primary N) is 1. The van der Waals surface area contributed by atoms with Crippen LogP contribution in [0.25, 0.3) is 22.3 Å². The maximum absolute atomic E-state index is 6.27. The lowest BCUT2D eigenvalue weighted by Crippen LogP contribution is -2.31. The number of rotatable bonds is 2. The second-order valence-corrected chi connectivity index (χ2v) is 7.49. The van der Waals surface area contributed by atoms with Crippen LogP contribution in [0.2, 0.25) is 0 Å². The van der Waals surface area contributed by atoms with Crippen molar-refractivity contribution in [2.75, 3.05) is 6.61 Å². The quantitative estimate of drug-likeness (QED) is 0.541. The van der Waals surface area contributed by atoms with Gasteiger partial charge in [0.15, 0.2) is 5.54 Å². The molecule has 2 aliphatic heterocycles. The van der Waals surface area contributed by atoms with Gasteiger partial charge in [0.2, 0.25) is 0 Å². The van der Waals surface area contributed by atoms with Gasteiger partial charge in [-0.05, 0) is 41.5 Å². The fourth-order valence-corrected chi connectivity index (χ4v) is 4.20. The number of fused-ring (bicyclic) bond motifs is 4. The van der Waals surface area contributed by atoms with Crippen molar-refractivity contribution in [2.24, 2.45) is 10.7 Å². The summed E-state index contributed by atoms with van der Waals surface area (Å²) in [6.45, 7) is 0.299. The fourth-order valence-electron chi connectivity index (χ4n) is 4.20. The average Bonchev–Trinajstić information content (AvgIpc) is 3.22. The van der Waals surface area contributed by atoms with Crippen LogP contribution < -0.4 is 10.5 Å². The van der Waals surface area contributed by atoms with E-state index in [0.29, 0.717) is 6.61 Å². The van der Waals surface area contributed by atoms with Crippen molar-refractivity contribution in [3.8, 4) is 33.8 Å². The summed E-state index contributed by atoms with van der Waals surface area (Å²) in [5.74, 6) is 1.46. The van der Waals surface area contributed by atoms with E-state index in [4.69, 9.17) is 20.2 Å². The summed E-state index contributed by atoms with van der Waals surface area (Å²) in [6, 6.07) is 16.2. The molecule has 0 radical (unpaired) electrons. The van der Waals surface area contributed by atoms with Crippen LogP contribution in [0.15, 0.2) is 84.6 Å². The number of amidine groups is 1. The Morgan fingerprint density at radius 2 is 1.45 bits per heavy atom. The molecule has 2 aliphatic rings. The lowest BCUT2D eigenvalue weighted by molar-refractivity contribution is 0.264. The van der Waals surface area contributed by atoms with Gasteiger partial charge in [-0.1, -0.05) is 18.2 Å². The summed E-state index contributed by atoms with van der Waals surface area (Å²) < 4.78 is 12.0. The molecule has 4 aromatic rings. The van der Waals surface area contributed by atoms with E-state index in [9.17, 15) is 0 Å². The van der Waals surface area contributed by atoms with Gasteiger partial charge in [-0.15, -0.1) is 0 Å². The highest BCUT2D eigenvalue weighted by Crippen LogP contribution is 2.52. The Bertz CT molecular complexity index is 1230. The molecule has 0 aliphatic carbocycles. The van der Waals surface area contributed by atoms with Crippen LogP contribution in [0.5, 0.6) is 11.5 Å². The minimum absolute atomic E-state index is 0.166. The van der Waals surface area contributed by atoms with Crippen molar-refractivity contribution >= 4 is 6.02 Å². The van der Waals surface area contributed by atoms with Gasteiger partial charge < -0.3 is 15.2 Å². The SMILES string of the molecule is NC1=NC2(CO1)c1cc(-c3cccnc3)ccc1Oc1ccc(-c3cncnc3)cc12. The minimum Gasteiger partial charge on any atom is -0.462 e. The molecule has 4 heterocycles. The fraction of sp³-hybridized carbons (Fsp3) is 0.0833. The topological polar surface area (TPSA) is 95.5 Å². The Hall–Kier alpha value is -4.26. The molecular formula is C24H17N5O2. The van der Waals surface area contributed by atoms with Gasteiger partial charge in [0.1, 0.15) is 24.4 Å². The third kappa shape index (κ3) is 2.74. The van der Waals surface area contributed by atoms with E-state index < -0.39 is 5.54 Å².